The van der Waals surface area contributed by atoms with Gasteiger partial charge < -0.3 is 5.11 Å². The molecule has 6 heteroatoms. The number of aliphatic hydroxyl groups excluding tert-OH is 1. The van der Waals surface area contributed by atoms with Crippen LogP contribution >= 0.6 is 54.8 Å². The smallest absolute Gasteiger partial charge is 0.142 e. The lowest BCUT2D eigenvalue weighted by atomic mass is 10.1. The maximum absolute atomic E-state index is 13.3. The fourth-order valence-electron chi connectivity index (χ4n) is 1.38. The number of thiophene rings is 1. The normalized spacial score (nSPS) is 12.8. The molecule has 90 valence electrons. The van der Waals surface area contributed by atoms with Gasteiger partial charge in [0.1, 0.15) is 11.9 Å². The van der Waals surface area contributed by atoms with E-state index in [-0.39, 0.29) is 5.02 Å². The Morgan fingerprint density at radius 1 is 1.35 bits per heavy atom. The van der Waals surface area contributed by atoms with Gasteiger partial charge >= 0.3 is 0 Å². The van der Waals surface area contributed by atoms with Crippen LogP contribution in [0.5, 0.6) is 0 Å². The van der Waals surface area contributed by atoms with Crippen LogP contribution in [0.1, 0.15) is 16.5 Å². The summed E-state index contributed by atoms with van der Waals surface area (Å²) in [6.45, 7) is 0. The summed E-state index contributed by atoms with van der Waals surface area (Å²) in [5, 5.41) is 10.1. The van der Waals surface area contributed by atoms with Gasteiger partial charge in [-0.25, -0.2) is 4.39 Å². The van der Waals surface area contributed by atoms with E-state index in [1.54, 1.807) is 12.1 Å². The van der Waals surface area contributed by atoms with Crippen molar-refractivity contribution in [2.75, 3.05) is 0 Å². The predicted octanol–water partition coefficient (Wildman–Crippen LogP) is 5.15. The van der Waals surface area contributed by atoms with Gasteiger partial charge in [0.15, 0.2) is 0 Å². The van der Waals surface area contributed by atoms with Gasteiger partial charge in [-0.2, -0.15) is 0 Å². The largest absolute Gasteiger partial charge is 0.383 e. The number of benzene rings is 1. The summed E-state index contributed by atoms with van der Waals surface area (Å²) in [5.74, 6) is -0.530. The molecule has 0 aliphatic carbocycles. The van der Waals surface area contributed by atoms with Gasteiger partial charge in [-0.05, 0) is 44.0 Å². The average molecular weight is 400 g/mol. The molecule has 0 radical (unpaired) electrons. The number of rotatable bonds is 2. The van der Waals surface area contributed by atoms with Gasteiger partial charge in [0.2, 0.25) is 0 Å². The second kappa shape index (κ2) is 5.36. The molecule has 1 nitrogen and oxygen atoms in total. The zero-order valence-electron chi connectivity index (χ0n) is 8.25. The summed E-state index contributed by atoms with van der Waals surface area (Å²) < 4.78 is 15.0. The molecule has 0 spiro atoms. The highest BCUT2D eigenvalue weighted by molar-refractivity contribution is 9.13. The first-order valence-electron chi connectivity index (χ1n) is 4.57. The Bertz CT molecular complexity index is 539. The molecule has 0 bridgehead atoms. The lowest BCUT2D eigenvalue weighted by Gasteiger charge is -2.10. The molecular formula is C11H6Br2ClFOS. The molecule has 1 atom stereocenters. The number of hydrogen-bond donors (Lipinski definition) is 1. The molecule has 1 aromatic carbocycles. The molecule has 0 saturated heterocycles. The third-order valence-electron chi connectivity index (χ3n) is 2.21. The van der Waals surface area contributed by atoms with Crippen molar-refractivity contribution in [3.05, 3.63) is 53.8 Å². The minimum atomic E-state index is -0.925. The molecule has 17 heavy (non-hydrogen) atoms. The lowest BCUT2D eigenvalue weighted by Crippen LogP contribution is -1.99. The minimum Gasteiger partial charge on any atom is -0.383 e. The number of aliphatic hydroxyl groups is 1. The van der Waals surface area contributed by atoms with Gasteiger partial charge in [-0.3, -0.25) is 0 Å². The van der Waals surface area contributed by atoms with Gasteiger partial charge in [0.05, 0.1) is 8.81 Å². The third-order valence-corrected chi connectivity index (χ3v) is 5.92. The first-order chi connectivity index (χ1) is 8.00. The van der Waals surface area contributed by atoms with Crippen LogP contribution in [0, 0.1) is 5.82 Å². The van der Waals surface area contributed by atoms with Crippen molar-refractivity contribution in [2.24, 2.45) is 0 Å². The standard InChI is InChI=1S/C11H6Br2ClFOS/c12-6-4-8(17-11(6)13)10(16)5-2-1-3-7(15)9(5)14/h1-4,10,16H. The molecule has 0 aliphatic rings. The zero-order valence-corrected chi connectivity index (χ0v) is 13.0. The van der Waals surface area contributed by atoms with Crippen LogP contribution in [0.15, 0.2) is 32.5 Å². The maximum atomic E-state index is 13.3. The van der Waals surface area contributed by atoms with Gasteiger partial charge in [-0.15, -0.1) is 11.3 Å². The first kappa shape index (κ1) is 13.5. The van der Waals surface area contributed by atoms with E-state index in [0.717, 1.165) is 8.26 Å². The van der Waals surface area contributed by atoms with Crippen LogP contribution in [0.4, 0.5) is 4.39 Å². The Hall–Kier alpha value is 0.0600. The van der Waals surface area contributed by atoms with E-state index in [0.29, 0.717) is 10.4 Å². The van der Waals surface area contributed by atoms with Crippen molar-refractivity contribution < 1.29 is 9.50 Å². The first-order valence-corrected chi connectivity index (χ1v) is 7.35. The quantitative estimate of drug-likeness (QED) is 0.739. The van der Waals surface area contributed by atoms with Crippen molar-refractivity contribution in [3.8, 4) is 0 Å². The van der Waals surface area contributed by atoms with E-state index in [9.17, 15) is 9.50 Å². The fourth-order valence-corrected chi connectivity index (χ4v) is 3.71. The zero-order chi connectivity index (χ0) is 12.6. The van der Waals surface area contributed by atoms with E-state index in [1.807, 2.05) is 0 Å². The van der Waals surface area contributed by atoms with Crippen molar-refractivity contribution in [2.45, 2.75) is 6.10 Å². The highest BCUT2D eigenvalue weighted by atomic mass is 79.9. The van der Waals surface area contributed by atoms with Crippen LogP contribution in [0.2, 0.25) is 5.02 Å². The second-order valence-electron chi connectivity index (χ2n) is 3.32. The summed E-state index contributed by atoms with van der Waals surface area (Å²) >= 11 is 13.9. The van der Waals surface area contributed by atoms with E-state index < -0.39 is 11.9 Å². The number of halogens is 4. The molecule has 0 amide bonds. The summed E-state index contributed by atoms with van der Waals surface area (Å²) in [7, 11) is 0. The topological polar surface area (TPSA) is 20.2 Å². The SMILES string of the molecule is OC(c1cc(Br)c(Br)s1)c1cccc(F)c1Cl. The van der Waals surface area contributed by atoms with Gasteiger partial charge in [0, 0.05) is 14.9 Å². The summed E-state index contributed by atoms with van der Waals surface area (Å²) in [4.78, 5) is 0.691. The van der Waals surface area contributed by atoms with Crippen molar-refractivity contribution in [3.63, 3.8) is 0 Å². The summed E-state index contributed by atoms with van der Waals surface area (Å²) in [6.07, 6.45) is -0.925. The third kappa shape index (κ3) is 2.74. The maximum Gasteiger partial charge on any atom is 0.142 e. The molecule has 0 fully saturated rings. The molecule has 1 unspecified atom stereocenters. The van der Waals surface area contributed by atoms with Gasteiger partial charge in [-0.1, -0.05) is 23.7 Å². The van der Waals surface area contributed by atoms with Crippen LogP contribution in [-0.4, -0.2) is 5.11 Å². The van der Waals surface area contributed by atoms with E-state index >= 15 is 0 Å². The minimum absolute atomic E-state index is 0.0411. The summed E-state index contributed by atoms with van der Waals surface area (Å²) in [6, 6.07) is 6.18. The van der Waals surface area contributed by atoms with Crippen LogP contribution in [0.3, 0.4) is 0 Å². The van der Waals surface area contributed by atoms with Crippen molar-refractivity contribution >= 4 is 54.8 Å². The Labute approximate surface area is 123 Å². The molecule has 1 N–H and O–H groups in total. The summed E-state index contributed by atoms with van der Waals surface area (Å²) in [5.41, 5.74) is 0.368. The van der Waals surface area contributed by atoms with Crippen LogP contribution < -0.4 is 0 Å². The highest BCUT2D eigenvalue weighted by Gasteiger charge is 2.19. The Balaban J connectivity index is 2.43. The number of hydrogen-bond acceptors (Lipinski definition) is 2. The molecule has 0 saturated carbocycles. The molecule has 1 heterocycles. The molecule has 0 aliphatic heterocycles. The Kier molecular flexibility index (Phi) is 4.26. The molecule has 1 aromatic heterocycles. The van der Waals surface area contributed by atoms with Crippen molar-refractivity contribution in [1.29, 1.82) is 0 Å². The lowest BCUT2D eigenvalue weighted by molar-refractivity contribution is 0.223. The van der Waals surface area contributed by atoms with E-state index in [1.165, 1.54) is 23.5 Å². The molecule has 2 aromatic rings. The highest BCUT2D eigenvalue weighted by Crippen LogP contribution is 2.39. The van der Waals surface area contributed by atoms with Crippen LogP contribution in [-0.2, 0) is 0 Å². The predicted molar refractivity (Wildman–Crippen MR) is 75.2 cm³/mol. The fraction of sp³-hybridized carbons (Fsp3) is 0.0909. The van der Waals surface area contributed by atoms with E-state index in [4.69, 9.17) is 11.6 Å². The average Bonchev–Trinajstić information content (AvgIpc) is 2.62. The molecular weight excluding hydrogens is 394 g/mol. The van der Waals surface area contributed by atoms with Crippen LogP contribution in [0.25, 0.3) is 0 Å². The van der Waals surface area contributed by atoms with Crippen molar-refractivity contribution in [1.82, 2.24) is 0 Å². The van der Waals surface area contributed by atoms with E-state index in [2.05, 4.69) is 31.9 Å². The second-order valence-corrected chi connectivity index (χ2v) is 6.95. The van der Waals surface area contributed by atoms with Gasteiger partial charge in [0.25, 0.3) is 0 Å². The monoisotopic (exact) mass is 398 g/mol. The molecule has 2 rings (SSSR count). The Morgan fingerprint density at radius 2 is 2.06 bits per heavy atom. The Morgan fingerprint density at radius 3 is 2.65 bits per heavy atom.